The van der Waals surface area contributed by atoms with Crippen molar-refractivity contribution >= 4 is 0 Å². The second-order valence-electron chi connectivity index (χ2n) is 13.7. The summed E-state index contributed by atoms with van der Waals surface area (Å²) in [5, 5.41) is 11.5. The van der Waals surface area contributed by atoms with Gasteiger partial charge in [0.15, 0.2) is 0 Å². The maximum absolute atomic E-state index is 11.5. The number of fused-ring (bicyclic) bond motifs is 6. The lowest BCUT2D eigenvalue weighted by Crippen LogP contribution is -2.53. The highest BCUT2D eigenvalue weighted by molar-refractivity contribution is 5.14. The second-order valence-corrected chi connectivity index (χ2v) is 13.7. The van der Waals surface area contributed by atoms with Crippen LogP contribution in [-0.2, 0) is 0 Å². The Morgan fingerprint density at radius 1 is 0.903 bits per heavy atom. The van der Waals surface area contributed by atoms with E-state index in [2.05, 4.69) is 34.6 Å². The number of hydrogen-bond acceptors (Lipinski definition) is 2. The van der Waals surface area contributed by atoms with Crippen molar-refractivity contribution < 1.29 is 4.92 Å². The predicted octanol–water partition coefficient (Wildman–Crippen LogP) is 7.61. The van der Waals surface area contributed by atoms with Crippen LogP contribution in [0.15, 0.2) is 0 Å². The van der Waals surface area contributed by atoms with Crippen molar-refractivity contribution in [3.8, 4) is 0 Å². The first-order valence-corrected chi connectivity index (χ1v) is 13.8. The van der Waals surface area contributed by atoms with E-state index in [4.69, 9.17) is 0 Å². The Morgan fingerprint density at radius 2 is 1.65 bits per heavy atom. The molecule has 176 valence electrons. The van der Waals surface area contributed by atoms with Crippen LogP contribution in [0.4, 0.5) is 0 Å². The van der Waals surface area contributed by atoms with E-state index >= 15 is 0 Å². The highest BCUT2D eigenvalue weighted by Crippen LogP contribution is 2.71. The Bertz CT molecular complexity index is 705. The molecule has 11 atom stereocenters. The monoisotopic (exact) mass is 429 g/mol. The van der Waals surface area contributed by atoms with Gasteiger partial charge in [0.2, 0.25) is 6.04 Å². The van der Waals surface area contributed by atoms with Gasteiger partial charge >= 0.3 is 0 Å². The molecule has 5 aliphatic rings. The Kier molecular flexibility index (Phi) is 5.53. The Morgan fingerprint density at radius 3 is 2.35 bits per heavy atom. The first-order valence-electron chi connectivity index (χ1n) is 13.8. The van der Waals surface area contributed by atoms with E-state index in [9.17, 15) is 10.1 Å². The summed E-state index contributed by atoms with van der Waals surface area (Å²) in [4.78, 5) is 11.6. The minimum absolute atomic E-state index is 0.0632. The van der Waals surface area contributed by atoms with Gasteiger partial charge in [0.05, 0.1) is 0 Å². The number of nitrogens with zero attached hydrogens (tertiary/aromatic N) is 1. The van der Waals surface area contributed by atoms with Gasteiger partial charge in [0.25, 0.3) is 0 Å². The molecular weight excluding hydrogens is 382 g/mol. The van der Waals surface area contributed by atoms with Crippen molar-refractivity contribution in [1.29, 1.82) is 0 Å². The van der Waals surface area contributed by atoms with E-state index in [1.807, 2.05) is 0 Å². The molecular formula is C28H47NO2. The molecule has 0 bridgehead atoms. The molecule has 0 aliphatic heterocycles. The Labute approximate surface area is 190 Å². The lowest BCUT2D eigenvalue weighted by molar-refractivity contribution is -0.501. The SMILES string of the molecule is CC(C)CCC[C@@H](C)[C@H]1CC[C@H]2[C@@H]3CC[C@H]4C[C@@H]5[C@H](C[C@]4(C)[C@H]3CC[C@]12C)[C@H]5[N+](=O)[O-]. The van der Waals surface area contributed by atoms with Crippen molar-refractivity contribution in [3.05, 3.63) is 10.1 Å². The van der Waals surface area contributed by atoms with E-state index in [0.29, 0.717) is 22.7 Å². The highest BCUT2D eigenvalue weighted by Gasteiger charge is 2.69. The van der Waals surface area contributed by atoms with Gasteiger partial charge in [-0.2, -0.15) is 0 Å². The van der Waals surface area contributed by atoms with Crippen LogP contribution in [0, 0.1) is 74.2 Å². The number of hydrogen-bond donors (Lipinski definition) is 0. The molecule has 0 aromatic rings. The van der Waals surface area contributed by atoms with E-state index in [0.717, 1.165) is 54.3 Å². The molecule has 0 amide bonds. The summed E-state index contributed by atoms with van der Waals surface area (Å²) in [7, 11) is 0. The lowest BCUT2D eigenvalue weighted by Gasteiger charge is -2.60. The Hall–Kier alpha value is -0.600. The summed E-state index contributed by atoms with van der Waals surface area (Å²) in [6.07, 6.45) is 15.0. The first kappa shape index (κ1) is 22.2. The van der Waals surface area contributed by atoms with Crippen LogP contribution in [-0.4, -0.2) is 11.0 Å². The molecule has 31 heavy (non-hydrogen) atoms. The molecule has 3 heteroatoms. The van der Waals surface area contributed by atoms with Crippen molar-refractivity contribution in [2.45, 2.75) is 111 Å². The van der Waals surface area contributed by atoms with Crippen LogP contribution in [0.25, 0.3) is 0 Å². The minimum Gasteiger partial charge on any atom is -0.264 e. The van der Waals surface area contributed by atoms with Crippen LogP contribution in [0.5, 0.6) is 0 Å². The largest absolute Gasteiger partial charge is 0.264 e. The molecule has 5 fully saturated rings. The summed E-state index contributed by atoms with van der Waals surface area (Å²) >= 11 is 0. The molecule has 0 aromatic carbocycles. The fourth-order valence-electron chi connectivity index (χ4n) is 10.4. The molecule has 0 aromatic heterocycles. The topological polar surface area (TPSA) is 43.1 Å². The van der Waals surface area contributed by atoms with Gasteiger partial charge in [-0.15, -0.1) is 0 Å². The fraction of sp³-hybridized carbons (Fsp3) is 1.00. The van der Waals surface area contributed by atoms with Gasteiger partial charge in [-0.1, -0.05) is 53.9 Å². The summed E-state index contributed by atoms with van der Waals surface area (Å²) in [5.74, 6) is 6.88. The van der Waals surface area contributed by atoms with Crippen LogP contribution in [0.1, 0.15) is 105 Å². The van der Waals surface area contributed by atoms with Gasteiger partial charge in [0, 0.05) is 16.8 Å². The molecule has 3 nitrogen and oxygen atoms in total. The van der Waals surface area contributed by atoms with E-state index < -0.39 is 0 Å². The normalized spacial score (nSPS) is 51.4. The summed E-state index contributed by atoms with van der Waals surface area (Å²) in [5.41, 5.74) is 0.943. The molecule has 0 spiro atoms. The quantitative estimate of drug-likeness (QED) is 0.322. The van der Waals surface area contributed by atoms with Crippen molar-refractivity contribution in [2.75, 3.05) is 0 Å². The third-order valence-corrected chi connectivity index (χ3v) is 12.0. The highest BCUT2D eigenvalue weighted by atomic mass is 16.6. The van der Waals surface area contributed by atoms with Crippen molar-refractivity contribution in [1.82, 2.24) is 0 Å². The third-order valence-electron chi connectivity index (χ3n) is 12.0. The van der Waals surface area contributed by atoms with Gasteiger partial charge in [-0.25, -0.2) is 0 Å². The average Bonchev–Trinajstić information content (AvgIpc) is 3.26. The standard InChI is InChI=1S/C28H47NO2/c1-17(2)7-6-8-18(3)23-11-12-24-20-10-9-19-15-21-22(26(21)29(30)31)16-28(19,5)25(20)13-14-27(23,24)4/h17-26H,6-16H2,1-5H3/t18-,19+,20+,21-,22+,23-,24+,25+,26+,27-,28+/m1/s1. The van der Waals surface area contributed by atoms with Crippen molar-refractivity contribution in [2.24, 2.45) is 64.1 Å². The van der Waals surface area contributed by atoms with Gasteiger partial charge in [-0.05, 0) is 104 Å². The van der Waals surface area contributed by atoms with Crippen molar-refractivity contribution in [3.63, 3.8) is 0 Å². The van der Waals surface area contributed by atoms with Gasteiger partial charge in [0.1, 0.15) is 0 Å². The molecule has 5 rings (SSSR count). The fourth-order valence-corrected chi connectivity index (χ4v) is 10.4. The molecule has 0 saturated heterocycles. The zero-order valence-corrected chi connectivity index (χ0v) is 20.8. The Balaban J connectivity index is 1.29. The second kappa shape index (κ2) is 7.73. The lowest BCUT2D eigenvalue weighted by atomic mass is 9.44. The maximum atomic E-state index is 11.5. The van der Waals surface area contributed by atoms with E-state index in [1.54, 1.807) is 0 Å². The van der Waals surface area contributed by atoms with Crippen LogP contribution in [0.2, 0.25) is 0 Å². The van der Waals surface area contributed by atoms with Crippen LogP contribution < -0.4 is 0 Å². The summed E-state index contributed by atoms with van der Waals surface area (Å²) in [6.45, 7) is 12.5. The summed E-state index contributed by atoms with van der Waals surface area (Å²) in [6, 6.07) is -0.197. The minimum atomic E-state index is -0.197. The van der Waals surface area contributed by atoms with Gasteiger partial charge < -0.3 is 0 Å². The van der Waals surface area contributed by atoms with Gasteiger partial charge in [-0.3, -0.25) is 10.1 Å². The first-order chi connectivity index (χ1) is 14.7. The smallest absolute Gasteiger partial charge is 0.219 e. The van der Waals surface area contributed by atoms with Crippen LogP contribution in [0.3, 0.4) is 0 Å². The van der Waals surface area contributed by atoms with E-state index in [1.165, 1.54) is 57.8 Å². The summed E-state index contributed by atoms with van der Waals surface area (Å²) < 4.78 is 0. The zero-order valence-electron chi connectivity index (χ0n) is 20.8. The zero-order chi connectivity index (χ0) is 22.1. The number of rotatable bonds is 6. The molecule has 0 N–H and O–H groups in total. The molecule has 0 unspecified atom stereocenters. The van der Waals surface area contributed by atoms with E-state index in [-0.39, 0.29) is 11.0 Å². The van der Waals surface area contributed by atoms with Crippen LogP contribution >= 0.6 is 0 Å². The molecule has 0 radical (unpaired) electrons. The molecule has 5 saturated carbocycles. The predicted molar refractivity (Wildman–Crippen MR) is 126 cm³/mol. The molecule has 0 heterocycles. The number of nitro groups is 1. The molecule has 5 aliphatic carbocycles. The average molecular weight is 430 g/mol. The maximum Gasteiger partial charge on any atom is 0.219 e. The third kappa shape index (κ3) is 3.41.